The fourth-order valence-electron chi connectivity index (χ4n) is 2.82. The monoisotopic (exact) mass is 433 g/mol. The van der Waals surface area contributed by atoms with E-state index in [1.165, 1.54) is 10.6 Å². The summed E-state index contributed by atoms with van der Waals surface area (Å²) < 4.78 is 27.9. The van der Waals surface area contributed by atoms with Crippen LogP contribution in [-0.2, 0) is 16.4 Å². The number of aldehydes is 1. The van der Waals surface area contributed by atoms with E-state index in [1.807, 2.05) is 12.1 Å². The Balaban J connectivity index is 2.45. The lowest BCUT2D eigenvalue weighted by molar-refractivity contribution is 0.112. The number of hydrogen-bond donors (Lipinski definition) is 1. The summed E-state index contributed by atoms with van der Waals surface area (Å²) in [5.74, 6) is -0.286. The molecule has 0 radical (unpaired) electrons. The highest BCUT2D eigenvalue weighted by Crippen LogP contribution is 2.32. The zero-order chi connectivity index (χ0) is 18.9. The van der Waals surface area contributed by atoms with Crippen molar-refractivity contribution in [2.75, 3.05) is 5.75 Å². The molecule has 2 heterocycles. The zero-order valence-electron chi connectivity index (χ0n) is 13.7. The molecule has 2 N–H and O–H groups in total. The highest BCUT2D eigenvalue weighted by molar-refractivity contribution is 9.10. The Bertz CT molecular complexity index is 1100. The van der Waals surface area contributed by atoms with Gasteiger partial charge in [0.2, 0.25) is 0 Å². The molecule has 0 saturated carbocycles. The first kappa shape index (κ1) is 18.5. The molecular weight excluding hydrogens is 418 g/mol. The number of carbonyl (C=O) groups excluding carboxylic acids is 1. The molecule has 8 heteroatoms. The maximum Gasteiger partial charge on any atom is 0.198 e. The van der Waals surface area contributed by atoms with Crippen LogP contribution in [0, 0.1) is 0 Å². The normalized spacial score (nSPS) is 11.6. The first-order chi connectivity index (χ1) is 12.4. The highest BCUT2D eigenvalue weighted by Gasteiger charge is 2.28. The van der Waals surface area contributed by atoms with E-state index in [1.54, 1.807) is 24.4 Å². The molecule has 6 nitrogen and oxygen atoms in total. The molecule has 0 fully saturated rings. The quantitative estimate of drug-likeness (QED) is 0.476. The minimum Gasteiger partial charge on any atom is -0.326 e. The second-order valence-electron chi connectivity index (χ2n) is 5.64. The molecule has 1 aromatic carbocycles. The molecule has 0 amide bonds. The van der Waals surface area contributed by atoms with E-state index >= 15 is 0 Å². The van der Waals surface area contributed by atoms with Crippen LogP contribution in [-0.4, -0.2) is 30.0 Å². The molecule has 0 unspecified atom stereocenters. The van der Waals surface area contributed by atoms with Crippen LogP contribution in [0.4, 0.5) is 0 Å². The van der Waals surface area contributed by atoms with Crippen molar-refractivity contribution in [3.63, 3.8) is 0 Å². The number of hydrogen-bond acceptors (Lipinski definition) is 5. The number of halogens is 1. The number of fused-ring (bicyclic) bond motifs is 1. The van der Waals surface area contributed by atoms with Crippen molar-refractivity contribution in [1.82, 2.24) is 9.55 Å². The standard InChI is InChI=1S/C18H16BrN3O3S/c1-2-7-26(24,25)18-16(11-23)15-8-13(19)10-21-17(15)22(18)14-5-3-12(9-20)4-6-14/h2-6,8,10-11H,1,7,9,20H2. The van der Waals surface area contributed by atoms with Crippen molar-refractivity contribution in [3.05, 3.63) is 64.8 Å². The van der Waals surface area contributed by atoms with Gasteiger partial charge in [0, 0.05) is 28.3 Å². The fraction of sp³-hybridized carbons (Fsp3) is 0.111. The second kappa shape index (κ2) is 7.14. The number of aromatic nitrogens is 2. The number of nitrogens with two attached hydrogens (primary N) is 1. The third-order valence-electron chi connectivity index (χ3n) is 3.95. The smallest absolute Gasteiger partial charge is 0.198 e. The third-order valence-corrected chi connectivity index (χ3v) is 6.05. The van der Waals surface area contributed by atoms with Gasteiger partial charge in [-0.1, -0.05) is 18.2 Å². The van der Waals surface area contributed by atoms with Gasteiger partial charge < -0.3 is 5.73 Å². The predicted molar refractivity (Wildman–Crippen MR) is 104 cm³/mol. The van der Waals surface area contributed by atoms with Gasteiger partial charge in [-0.3, -0.25) is 9.36 Å². The Hall–Kier alpha value is -2.29. The molecule has 0 saturated heterocycles. The van der Waals surface area contributed by atoms with Gasteiger partial charge in [-0.2, -0.15) is 0 Å². The first-order valence-electron chi connectivity index (χ1n) is 7.71. The van der Waals surface area contributed by atoms with Gasteiger partial charge in [-0.15, -0.1) is 6.58 Å². The molecule has 2 aromatic heterocycles. The second-order valence-corrected chi connectivity index (χ2v) is 8.50. The van der Waals surface area contributed by atoms with Gasteiger partial charge in [0.15, 0.2) is 21.1 Å². The molecule has 0 atom stereocenters. The number of nitrogens with zero attached hydrogens (tertiary/aromatic N) is 2. The van der Waals surface area contributed by atoms with Crippen LogP contribution < -0.4 is 5.73 Å². The number of sulfone groups is 1. The van der Waals surface area contributed by atoms with Crippen molar-refractivity contribution >= 4 is 43.1 Å². The van der Waals surface area contributed by atoms with Gasteiger partial charge in [0.05, 0.1) is 11.3 Å². The number of benzene rings is 1. The zero-order valence-corrected chi connectivity index (χ0v) is 16.1. The molecule has 0 spiro atoms. The Morgan fingerprint density at radius 3 is 2.54 bits per heavy atom. The maximum atomic E-state index is 12.9. The average Bonchev–Trinajstić information content (AvgIpc) is 2.96. The van der Waals surface area contributed by atoms with E-state index in [4.69, 9.17) is 5.73 Å². The summed E-state index contributed by atoms with van der Waals surface area (Å²) in [5, 5.41) is 0.369. The van der Waals surface area contributed by atoms with E-state index in [-0.39, 0.29) is 16.3 Å². The largest absolute Gasteiger partial charge is 0.326 e. The van der Waals surface area contributed by atoms with E-state index in [0.717, 1.165) is 5.56 Å². The molecule has 3 aromatic rings. The van der Waals surface area contributed by atoms with Gasteiger partial charge in [-0.25, -0.2) is 13.4 Å². The van der Waals surface area contributed by atoms with Crippen molar-refractivity contribution in [2.24, 2.45) is 5.73 Å². The molecule has 26 heavy (non-hydrogen) atoms. The fourth-order valence-corrected chi connectivity index (χ4v) is 4.58. The molecule has 0 aliphatic carbocycles. The minimum atomic E-state index is -3.79. The van der Waals surface area contributed by atoms with Gasteiger partial charge >= 0.3 is 0 Å². The van der Waals surface area contributed by atoms with Crippen LogP contribution in [0.2, 0.25) is 0 Å². The van der Waals surface area contributed by atoms with E-state index in [0.29, 0.717) is 34.0 Å². The maximum absolute atomic E-state index is 12.9. The topological polar surface area (TPSA) is 95.0 Å². The van der Waals surface area contributed by atoms with Crippen LogP contribution in [0.5, 0.6) is 0 Å². The van der Waals surface area contributed by atoms with Gasteiger partial charge in [-0.05, 0) is 39.7 Å². The van der Waals surface area contributed by atoms with Gasteiger partial charge in [0.1, 0.15) is 5.65 Å². The van der Waals surface area contributed by atoms with Crippen LogP contribution >= 0.6 is 15.9 Å². The lowest BCUT2D eigenvalue weighted by atomic mass is 10.2. The summed E-state index contributed by atoms with van der Waals surface area (Å²) in [6, 6.07) is 8.82. The molecule has 0 aliphatic rings. The van der Waals surface area contributed by atoms with Crippen molar-refractivity contribution < 1.29 is 13.2 Å². The molecule has 134 valence electrons. The number of carbonyl (C=O) groups is 1. The molecule has 0 bridgehead atoms. The predicted octanol–water partition coefficient (Wildman–Crippen LogP) is 3.02. The highest BCUT2D eigenvalue weighted by atomic mass is 79.9. The number of rotatable bonds is 6. The van der Waals surface area contributed by atoms with E-state index in [9.17, 15) is 13.2 Å². The Labute approximate surface area is 159 Å². The van der Waals surface area contributed by atoms with E-state index < -0.39 is 9.84 Å². The lowest BCUT2D eigenvalue weighted by Crippen LogP contribution is -2.13. The minimum absolute atomic E-state index is 0.0820. The number of pyridine rings is 1. The lowest BCUT2D eigenvalue weighted by Gasteiger charge is -2.11. The van der Waals surface area contributed by atoms with Crippen molar-refractivity contribution in [2.45, 2.75) is 11.6 Å². The van der Waals surface area contributed by atoms with Gasteiger partial charge in [0.25, 0.3) is 0 Å². The van der Waals surface area contributed by atoms with Crippen molar-refractivity contribution in [3.8, 4) is 5.69 Å². The van der Waals surface area contributed by atoms with Crippen LogP contribution in [0.25, 0.3) is 16.7 Å². The SMILES string of the molecule is C=CCS(=O)(=O)c1c(C=O)c2cc(Br)cnc2n1-c1ccc(CN)cc1. The Morgan fingerprint density at radius 2 is 1.96 bits per heavy atom. The average molecular weight is 434 g/mol. The van der Waals surface area contributed by atoms with Crippen LogP contribution in [0.1, 0.15) is 15.9 Å². The summed E-state index contributed by atoms with van der Waals surface area (Å²) >= 11 is 3.32. The Morgan fingerprint density at radius 1 is 1.27 bits per heavy atom. The first-order valence-corrected chi connectivity index (χ1v) is 10.2. The van der Waals surface area contributed by atoms with Crippen LogP contribution in [0.3, 0.4) is 0 Å². The van der Waals surface area contributed by atoms with E-state index in [2.05, 4.69) is 27.5 Å². The van der Waals surface area contributed by atoms with Crippen LogP contribution in [0.15, 0.2) is 58.7 Å². The summed E-state index contributed by atoms with van der Waals surface area (Å²) in [6.07, 6.45) is 3.41. The summed E-state index contributed by atoms with van der Waals surface area (Å²) in [6.45, 7) is 3.88. The molecular formula is C18H16BrN3O3S. The summed E-state index contributed by atoms with van der Waals surface area (Å²) in [4.78, 5) is 16.1. The molecule has 0 aliphatic heterocycles. The molecule has 3 rings (SSSR count). The Kier molecular flexibility index (Phi) is 5.08. The van der Waals surface area contributed by atoms with Crippen molar-refractivity contribution in [1.29, 1.82) is 0 Å². The third kappa shape index (κ3) is 3.11. The summed E-state index contributed by atoms with van der Waals surface area (Å²) in [5.41, 5.74) is 7.59. The summed E-state index contributed by atoms with van der Waals surface area (Å²) in [7, 11) is -3.79.